The monoisotopic (exact) mass is 357 g/mol. The van der Waals surface area contributed by atoms with Gasteiger partial charge in [-0.1, -0.05) is 0 Å². The quantitative estimate of drug-likeness (QED) is 0.828. The first kappa shape index (κ1) is 18.3. The predicted octanol–water partition coefficient (Wildman–Crippen LogP) is 2.61. The number of hydrogen-bond acceptors (Lipinski definition) is 4. The average molecular weight is 357 g/mol. The van der Waals surface area contributed by atoms with E-state index in [2.05, 4.69) is 20.9 Å². The third-order valence-corrected chi connectivity index (χ3v) is 4.98. The van der Waals surface area contributed by atoms with Crippen LogP contribution in [0.2, 0.25) is 0 Å². The number of hydrogen-bond donors (Lipinski definition) is 1. The molecule has 140 valence electrons. The molecule has 2 heterocycles. The molecule has 1 aromatic carbocycles. The van der Waals surface area contributed by atoms with Gasteiger partial charge >= 0.3 is 0 Å². The van der Waals surface area contributed by atoms with Gasteiger partial charge in [0.15, 0.2) is 0 Å². The van der Waals surface area contributed by atoms with Gasteiger partial charge in [0.25, 0.3) is 5.91 Å². The van der Waals surface area contributed by atoms with E-state index in [1.54, 1.807) is 32.4 Å². The molecule has 1 aromatic heterocycles. The van der Waals surface area contributed by atoms with Crippen molar-refractivity contribution in [3.63, 3.8) is 0 Å². The number of likely N-dealkylation sites (tertiary alicyclic amines) is 1. The number of nitrogens with zero attached hydrogens (tertiary/aromatic N) is 2. The third-order valence-electron chi connectivity index (χ3n) is 4.98. The van der Waals surface area contributed by atoms with Crippen molar-refractivity contribution < 1.29 is 14.3 Å². The van der Waals surface area contributed by atoms with E-state index in [0.29, 0.717) is 23.6 Å². The highest BCUT2D eigenvalue weighted by atomic mass is 16.5. The summed E-state index contributed by atoms with van der Waals surface area (Å²) in [7, 11) is 5.21. The van der Waals surface area contributed by atoms with E-state index in [-0.39, 0.29) is 11.9 Å². The lowest BCUT2D eigenvalue weighted by molar-refractivity contribution is 0.0936. The number of ether oxygens (including phenoxy) is 2. The van der Waals surface area contributed by atoms with Crippen LogP contribution >= 0.6 is 0 Å². The van der Waals surface area contributed by atoms with Crippen LogP contribution in [0.15, 0.2) is 36.5 Å². The highest BCUT2D eigenvalue weighted by molar-refractivity contribution is 5.95. The maximum Gasteiger partial charge on any atom is 0.251 e. The van der Waals surface area contributed by atoms with E-state index in [4.69, 9.17) is 9.47 Å². The van der Waals surface area contributed by atoms with Crippen LogP contribution in [-0.4, -0.2) is 49.2 Å². The highest BCUT2D eigenvalue weighted by Crippen LogP contribution is 2.26. The second-order valence-electron chi connectivity index (χ2n) is 6.61. The molecule has 6 heteroatoms. The van der Waals surface area contributed by atoms with Crippen LogP contribution in [0.4, 0.5) is 0 Å². The number of aryl methyl sites for hydroxylation is 1. The summed E-state index contributed by atoms with van der Waals surface area (Å²) in [5, 5.41) is 3.09. The van der Waals surface area contributed by atoms with Gasteiger partial charge in [-0.25, -0.2) is 0 Å². The molecule has 3 rings (SSSR count). The van der Waals surface area contributed by atoms with Gasteiger partial charge in [-0.3, -0.25) is 9.69 Å². The summed E-state index contributed by atoms with van der Waals surface area (Å²) in [6, 6.07) is 9.56. The third kappa shape index (κ3) is 4.02. The Morgan fingerprint density at radius 3 is 2.35 bits per heavy atom. The normalized spacial score (nSPS) is 15.7. The fourth-order valence-corrected chi connectivity index (χ4v) is 3.52. The van der Waals surface area contributed by atoms with Gasteiger partial charge in [0.2, 0.25) is 0 Å². The molecular weight excluding hydrogens is 330 g/mol. The predicted molar refractivity (Wildman–Crippen MR) is 101 cm³/mol. The van der Waals surface area contributed by atoms with Crippen LogP contribution < -0.4 is 14.8 Å². The Kier molecular flexibility index (Phi) is 5.83. The standard InChI is InChI=1S/C20H27N3O3/c1-22-8-6-7-18(22)19(23-9-4-5-10-23)14-21-20(24)15-11-16(25-2)13-17(12-15)26-3/h6-8,11-13,19H,4-5,9-10,14H2,1-3H3,(H,21,24)/t19-/m1/s1. The molecule has 0 spiro atoms. The number of benzene rings is 1. The fourth-order valence-electron chi connectivity index (χ4n) is 3.52. The lowest BCUT2D eigenvalue weighted by atomic mass is 10.1. The molecule has 1 N–H and O–H groups in total. The molecule has 1 aliphatic heterocycles. The number of nitrogens with one attached hydrogen (secondary N) is 1. The minimum atomic E-state index is -0.124. The Labute approximate surface area is 154 Å². The van der Waals surface area contributed by atoms with E-state index in [0.717, 1.165) is 13.1 Å². The summed E-state index contributed by atoms with van der Waals surface area (Å²) in [5.41, 5.74) is 1.75. The largest absolute Gasteiger partial charge is 0.497 e. The van der Waals surface area contributed by atoms with Crippen molar-refractivity contribution in [1.82, 2.24) is 14.8 Å². The zero-order valence-corrected chi connectivity index (χ0v) is 15.7. The maximum atomic E-state index is 12.7. The number of rotatable bonds is 7. The topological polar surface area (TPSA) is 55.7 Å². The van der Waals surface area contributed by atoms with Crippen LogP contribution in [0.3, 0.4) is 0 Å². The molecule has 0 saturated carbocycles. The second kappa shape index (κ2) is 8.27. The Balaban J connectivity index is 1.74. The molecule has 26 heavy (non-hydrogen) atoms. The first-order valence-corrected chi connectivity index (χ1v) is 8.99. The molecule has 1 aliphatic rings. The molecular formula is C20H27N3O3. The molecule has 2 aromatic rings. The summed E-state index contributed by atoms with van der Waals surface area (Å²) < 4.78 is 12.6. The summed E-state index contributed by atoms with van der Waals surface area (Å²) in [6.45, 7) is 2.70. The van der Waals surface area contributed by atoms with Gasteiger partial charge in [0.05, 0.1) is 20.3 Å². The summed E-state index contributed by atoms with van der Waals surface area (Å²) in [4.78, 5) is 15.2. The summed E-state index contributed by atoms with van der Waals surface area (Å²) >= 11 is 0. The van der Waals surface area contributed by atoms with E-state index in [9.17, 15) is 4.79 Å². The molecule has 0 bridgehead atoms. The minimum absolute atomic E-state index is 0.124. The van der Waals surface area contributed by atoms with Crippen molar-refractivity contribution in [2.75, 3.05) is 33.9 Å². The van der Waals surface area contributed by atoms with Crippen molar-refractivity contribution in [3.05, 3.63) is 47.8 Å². The number of methoxy groups -OCH3 is 2. The Bertz CT molecular complexity index is 728. The van der Waals surface area contributed by atoms with Crippen molar-refractivity contribution in [1.29, 1.82) is 0 Å². The van der Waals surface area contributed by atoms with E-state index in [1.165, 1.54) is 18.5 Å². The summed E-state index contributed by atoms with van der Waals surface area (Å²) in [6.07, 6.45) is 4.47. The maximum absolute atomic E-state index is 12.7. The molecule has 1 amide bonds. The van der Waals surface area contributed by atoms with Gasteiger partial charge in [0.1, 0.15) is 11.5 Å². The number of carbonyl (C=O) groups is 1. The van der Waals surface area contributed by atoms with Gasteiger partial charge < -0.3 is 19.4 Å². The zero-order chi connectivity index (χ0) is 18.5. The van der Waals surface area contributed by atoms with Crippen LogP contribution in [0.1, 0.15) is 34.9 Å². The molecule has 1 saturated heterocycles. The van der Waals surface area contributed by atoms with E-state index in [1.807, 2.05) is 19.3 Å². The molecule has 1 atom stereocenters. The Morgan fingerprint density at radius 2 is 1.81 bits per heavy atom. The minimum Gasteiger partial charge on any atom is -0.497 e. The lowest BCUT2D eigenvalue weighted by Gasteiger charge is -2.28. The van der Waals surface area contributed by atoms with E-state index >= 15 is 0 Å². The van der Waals surface area contributed by atoms with Crippen molar-refractivity contribution in [2.24, 2.45) is 7.05 Å². The number of carbonyl (C=O) groups excluding carboxylic acids is 1. The van der Waals surface area contributed by atoms with Crippen LogP contribution in [-0.2, 0) is 7.05 Å². The Hall–Kier alpha value is -2.47. The van der Waals surface area contributed by atoms with Crippen LogP contribution in [0.5, 0.6) is 11.5 Å². The van der Waals surface area contributed by atoms with E-state index < -0.39 is 0 Å². The smallest absolute Gasteiger partial charge is 0.251 e. The van der Waals surface area contributed by atoms with Crippen LogP contribution in [0.25, 0.3) is 0 Å². The number of aromatic nitrogens is 1. The summed E-state index contributed by atoms with van der Waals surface area (Å²) in [5.74, 6) is 1.08. The van der Waals surface area contributed by atoms with Gasteiger partial charge in [-0.2, -0.15) is 0 Å². The van der Waals surface area contributed by atoms with Crippen molar-refractivity contribution in [2.45, 2.75) is 18.9 Å². The van der Waals surface area contributed by atoms with Gasteiger partial charge in [-0.15, -0.1) is 0 Å². The SMILES string of the molecule is COc1cc(OC)cc(C(=O)NC[C@H](c2cccn2C)N2CCCC2)c1. The van der Waals surface area contributed by atoms with Gasteiger partial charge in [0, 0.05) is 37.1 Å². The molecule has 0 unspecified atom stereocenters. The fraction of sp³-hybridized carbons (Fsp3) is 0.450. The highest BCUT2D eigenvalue weighted by Gasteiger charge is 2.25. The Morgan fingerprint density at radius 1 is 1.15 bits per heavy atom. The zero-order valence-electron chi connectivity index (χ0n) is 15.7. The second-order valence-corrected chi connectivity index (χ2v) is 6.61. The average Bonchev–Trinajstić information content (AvgIpc) is 3.34. The molecule has 0 radical (unpaired) electrons. The van der Waals surface area contributed by atoms with Gasteiger partial charge in [-0.05, 0) is 50.2 Å². The van der Waals surface area contributed by atoms with Crippen LogP contribution in [0, 0.1) is 0 Å². The van der Waals surface area contributed by atoms with Crippen molar-refractivity contribution >= 4 is 5.91 Å². The number of amides is 1. The first-order valence-electron chi connectivity index (χ1n) is 8.99. The van der Waals surface area contributed by atoms with Crippen molar-refractivity contribution in [3.8, 4) is 11.5 Å². The molecule has 1 fully saturated rings. The first-order chi connectivity index (χ1) is 12.6. The molecule has 6 nitrogen and oxygen atoms in total. The molecule has 0 aliphatic carbocycles. The lowest BCUT2D eigenvalue weighted by Crippen LogP contribution is -2.37.